The van der Waals surface area contributed by atoms with Gasteiger partial charge in [-0.15, -0.1) is 0 Å². The normalized spacial score (nSPS) is 20.9. The zero-order chi connectivity index (χ0) is 9.97. The fourth-order valence-corrected chi connectivity index (χ4v) is 2.00. The minimum atomic E-state index is 0.133. The highest BCUT2D eigenvalue weighted by Gasteiger charge is 2.23. The fraction of sp³-hybridized carbons (Fsp3) is 0.364. The Morgan fingerprint density at radius 2 is 2.36 bits per heavy atom. The molecule has 1 saturated heterocycles. The smallest absolute Gasteiger partial charge is 0.223 e. The molecule has 1 amide bonds. The molecule has 0 saturated carbocycles. The Kier molecular flexibility index (Phi) is 2.73. The minimum Gasteiger partial charge on any atom is -0.356 e. The highest BCUT2D eigenvalue weighted by atomic mass is 35.5. The SMILES string of the molecule is O=C1NCC[C@@H]1Cc1cccc(Cl)c1. The second-order valence-electron chi connectivity index (χ2n) is 3.61. The first-order valence-electron chi connectivity index (χ1n) is 4.78. The average molecular weight is 210 g/mol. The van der Waals surface area contributed by atoms with E-state index in [2.05, 4.69) is 5.32 Å². The molecule has 2 rings (SSSR count). The molecule has 1 aromatic rings. The van der Waals surface area contributed by atoms with Crippen LogP contribution in [-0.2, 0) is 11.2 Å². The second kappa shape index (κ2) is 4.01. The van der Waals surface area contributed by atoms with Gasteiger partial charge < -0.3 is 5.32 Å². The number of carbonyl (C=O) groups excluding carboxylic acids is 1. The highest BCUT2D eigenvalue weighted by molar-refractivity contribution is 6.30. The summed E-state index contributed by atoms with van der Waals surface area (Å²) in [7, 11) is 0. The Bertz CT molecular complexity index is 351. The number of nitrogens with one attached hydrogen (secondary N) is 1. The van der Waals surface area contributed by atoms with E-state index in [-0.39, 0.29) is 11.8 Å². The summed E-state index contributed by atoms with van der Waals surface area (Å²) < 4.78 is 0. The van der Waals surface area contributed by atoms with Crippen LogP contribution in [0, 0.1) is 5.92 Å². The number of hydrogen-bond acceptors (Lipinski definition) is 1. The van der Waals surface area contributed by atoms with Crippen molar-refractivity contribution >= 4 is 17.5 Å². The molecule has 0 spiro atoms. The zero-order valence-electron chi connectivity index (χ0n) is 7.79. The quantitative estimate of drug-likeness (QED) is 0.794. The highest BCUT2D eigenvalue weighted by Crippen LogP contribution is 2.18. The van der Waals surface area contributed by atoms with E-state index in [0.29, 0.717) is 0 Å². The van der Waals surface area contributed by atoms with Crippen LogP contribution in [0.1, 0.15) is 12.0 Å². The van der Waals surface area contributed by atoms with Gasteiger partial charge in [0.2, 0.25) is 5.91 Å². The van der Waals surface area contributed by atoms with Crippen LogP contribution in [0.4, 0.5) is 0 Å². The summed E-state index contributed by atoms with van der Waals surface area (Å²) in [6, 6.07) is 7.70. The first kappa shape index (κ1) is 9.53. The van der Waals surface area contributed by atoms with Crippen LogP contribution in [0.2, 0.25) is 5.02 Å². The van der Waals surface area contributed by atoms with Crippen molar-refractivity contribution < 1.29 is 4.79 Å². The molecule has 0 unspecified atom stereocenters. The second-order valence-corrected chi connectivity index (χ2v) is 4.05. The van der Waals surface area contributed by atoms with Crippen LogP contribution in [0.3, 0.4) is 0 Å². The lowest BCUT2D eigenvalue weighted by Gasteiger charge is -2.06. The van der Waals surface area contributed by atoms with Gasteiger partial charge in [-0.05, 0) is 30.5 Å². The molecular weight excluding hydrogens is 198 g/mol. The minimum absolute atomic E-state index is 0.133. The van der Waals surface area contributed by atoms with E-state index in [9.17, 15) is 4.79 Å². The summed E-state index contributed by atoms with van der Waals surface area (Å²) in [5.41, 5.74) is 1.14. The third kappa shape index (κ3) is 2.07. The van der Waals surface area contributed by atoms with E-state index in [0.717, 1.165) is 30.0 Å². The topological polar surface area (TPSA) is 29.1 Å². The van der Waals surface area contributed by atoms with Crippen molar-refractivity contribution in [2.75, 3.05) is 6.54 Å². The van der Waals surface area contributed by atoms with Crippen molar-refractivity contribution in [2.24, 2.45) is 5.92 Å². The molecule has 1 aliphatic rings. The van der Waals surface area contributed by atoms with E-state index >= 15 is 0 Å². The molecule has 3 heteroatoms. The molecule has 1 fully saturated rings. The number of benzene rings is 1. The van der Waals surface area contributed by atoms with Crippen LogP contribution in [-0.4, -0.2) is 12.5 Å². The Morgan fingerprint density at radius 3 is 3.00 bits per heavy atom. The molecule has 14 heavy (non-hydrogen) atoms. The molecule has 2 nitrogen and oxygen atoms in total. The van der Waals surface area contributed by atoms with E-state index in [1.165, 1.54) is 0 Å². The maximum absolute atomic E-state index is 11.3. The molecule has 0 aliphatic carbocycles. The van der Waals surface area contributed by atoms with Gasteiger partial charge in [-0.3, -0.25) is 4.79 Å². The van der Waals surface area contributed by atoms with Gasteiger partial charge >= 0.3 is 0 Å². The van der Waals surface area contributed by atoms with Crippen molar-refractivity contribution in [2.45, 2.75) is 12.8 Å². The molecule has 1 atom stereocenters. The summed E-state index contributed by atoms with van der Waals surface area (Å²) in [5, 5.41) is 3.57. The summed E-state index contributed by atoms with van der Waals surface area (Å²) in [4.78, 5) is 11.3. The predicted molar refractivity (Wildman–Crippen MR) is 56.3 cm³/mol. The molecule has 0 radical (unpaired) electrons. The van der Waals surface area contributed by atoms with Gasteiger partial charge in [-0.1, -0.05) is 23.7 Å². The summed E-state index contributed by atoms with van der Waals surface area (Å²) in [5.74, 6) is 0.304. The van der Waals surface area contributed by atoms with Gasteiger partial charge in [-0.25, -0.2) is 0 Å². The first-order chi connectivity index (χ1) is 6.75. The van der Waals surface area contributed by atoms with E-state index in [1.54, 1.807) is 0 Å². The van der Waals surface area contributed by atoms with E-state index in [1.807, 2.05) is 24.3 Å². The van der Waals surface area contributed by atoms with Crippen molar-refractivity contribution in [1.82, 2.24) is 5.32 Å². The van der Waals surface area contributed by atoms with Gasteiger partial charge in [0.05, 0.1) is 0 Å². The summed E-state index contributed by atoms with van der Waals surface area (Å²) in [6.45, 7) is 0.810. The number of rotatable bonds is 2. The molecule has 1 aliphatic heterocycles. The van der Waals surface area contributed by atoms with Gasteiger partial charge in [0.15, 0.2) is 0 Å². The fourth-order valence-electron chi connectivity index (χ4n) is 1.79. The maximum Gasteiger partial charge on any atom is 0.223 e. The molecule has 0 bridgehead atoms. The van der Waals surface area contributed by atoms with Crippen LogP contribution in [0.15, 0.2) is 24.3 Å². The number of amides is 1. The standard InChI is InChI=1S/C11H12ClNO/c12-10-3-1-2-8(7-10)6-9-4-5-13-11(9)14/h1-3,7,9H,4-6H2,(H,13,14)/t9-/m1/s1. The van der Waals surface area contributed by atoms with E-state index in [4.69, 9.17) is 11.6 Å². The lowest BCUT2D eigenvalue weighted by atomic mass is 9.98. The van der Waals surface area contributed by atoms with Crippen LogP contribution in [0.25, 0.3) is 0 Å². The van der Waals surface area contributed by atoms with Crippen molar-refractivity contribution in [3.63, 3.8) is 0 Å². The lowest BCUT2D eigenvalue weighted by Crippen LogP contribution is -2.20. The molecule has 0 aromatic heterocycles. The molecule has 74 valence electrons. The van der Waals surface area contributed by atoms with Gasteiger partial charge in [0, 0.05) is 17.5 Å². The monoisotopic (exact) mass is 209 g/mol. The Labute approximate surface area is 88.3 Å². The van der Waals surface area contributed by atoms with Gasteiger partial charge in [-0.2, -0.15) is 0 Å². The number of hydrogen-bond donors (Lipinski definition) is 1. The van der Waals surface area contributed by atoms with Crippen molar-refractivity contribution in [3.8, 4) is 0 Å². The maximum atomic E-state index is 11.3. The van der Waals surface area contributed by atoms with Crippen LogP contribution < -0.4 is 5.32 Å². The predicted octanol–water partition coefficient (Wildman–Crippen LogP) is 2.02. The first-order valence-corrected chi connectivity index (χ1v) is 5.15. The van der Waals surface area contributed by atoms with Gasteiger partial charge in [0.25, 0.3) is 0 Å². The zero-order valence-corrected chi connectivity index (χ0v) is 8.55. The molecule has 1 aromatic carbocycles. The van der Waals surface area contributed by atoms with Gasteiger partial charge in [0.1, 0.15) is 0 Å². The summed E-state index contributed by atoms with van der Waals surface area (Å²) in [6.07, 6.45) is 1.73. The Hall–Kier alpha value is -1.02. The van der Waals surface area contributed by atoms with Crippen LogP contribution >= 0.6 is 11.6 Å². The number of halogens is 1. The average Bonchev–Trinajstić information content (AvgIpc) is 2.52. The van der Waals surface area contributed by atoms with Crippen molar-refractivity contribution in [3.05, 3.63) is 34.9 Å². The third-order valence-electron chi connectivity index (χ3n) is 2.53. The Balaban J connectivity index is 2.07. The largest absolute Gasteiger partial charge is 0.356 e. The molecule has 1 N–H and O–H groups in total. The third-order valence-corrected chi connectivity index (χ3v) is 2.77. The lowest BCUT2D eigenvalue weighted by molar-refractivity contribution is -0.122. The van der Waals surface area contributed by atoms with E-state index < -0.39 is 0 Å². The number of carbonyl (C=O) groups is 1. The van der Waals surface area contributed by atoms with Crippen molar-refractivity contribution in [1.29, 1.82) is 0 Å². The molecule has 1 heterocycles. The van der Waals surface area contributed by atoms with Crippen LogP contribution in [0.5, 0.6) is 0 Å². The summed E-state index contributed by atoms with van der Waals surface area (Å²) >= 11 is 5.87. The molecular formula is C11H12ClNO. The Morgan fingerprint density at radius 1 is 1.50 bits per heavy atom.